The topological polar surface area (TPSA) is 57.5 Å². The van der Waals surface area contributed by atoms with Crippen molar-refractivity contribution >= 4 is 71.1 Å². The minimum atomic E-state index is -0.138. The molecule has 0 aliphatic carbocycles. The number of para-hydroxylation sites is 2. The summed E-state index contributed by atoms with van der Waals surface area (Å²) in [6.07, 6.45) is 7.69. The molecular formula is C53H42I3N4O2Pd-3. The van der Waals surface area contributed by atoms with Crippen LogP contribution in [-0.2, 0) is 20.4 Å². The molecule has 0 saturated heterocycles. The normalized spacial score (nSPS) is 12.0. The SMILES string of the molecule is CCC[I-]c1cc([I-]CCC)c(-c2cnc3c4[c-]c(Oc5[c-]c6c(cc5)c5ccc7oc8ccccc8c7c5n6-c5ccccn5)ccc4c4ccccc4n23)c([I-]CCC)c1.[Pd+2]. The standard InChI is InChI=1S/C53H42I3N4O2.Pd/c1-4-24-54-33-28-42(55-25-5-2)51(43(29-33)56-26-6-3)46-32-58-53-41-30-34(18-20-36(41)37-13-7-9-15-44(37)59(46)53)61-35-19-21-38-39-22-23-48-50(40-14-8-10-16-47(40)62-48)52(39)60(45(38)31-35)49-17-11-12-27-57-49;/h7-23,27-29,32H,4-6,24-26H2,1-3H3;/q-5;+2. The van der Waals surface area contributed by atoms with Crippen molar-refractivity contribution < 1.29 is 93.2 Å². The summed E-state index contributed by atoms with van der Waals surface area (Å²) in [5.74, 6) is 2.02. The third-order valence-electron chi connectivity index (χ3n) is 11.1. The Balaban J connectivity index is 0.00000471. The number of nitrogens with zero attached hydrogens (tertiary/aromatic N) is 4. The van der Waals surface area contributed by atoms with E-state index in [0.29, 0.717) is 11.5 Å². The second-order valence-electron chi connectivity index (χ2n) is 15.3. The van der Waals surface area contributed by atoms with Gasteiger partial charge in [-0.15, -0.1) is 5.39 Å². The predicted molar refractivity (Wildman–Crippen MR) is 241 cm³/mol. The predicted octanol–water partition coefficient (Wildman–Crippen LogP) is 4.10. The summed E-state index contributed by atoms with van der Waals surface area (Å²) in [5.41, 5.74) is 8.38. The molecule has 0 atom stereocenters. The van der Waals surface area contributed by atoms with Crippen molar-refractivity contribution in [3.8, 4) is 28.6 Å². The van der Waals surface area contributed by atoms with Crippen molar-refractivity contribution in [2.45, 2.75) is 40.0 Å². The number of hydrogen-bond acceptors (Lipinski definition) is 4. The molecule has 0 bridgehead atoms. The van der Waals surface area contributed by atoms with E-state index in [9.17, 15) is 0 Å². The Kier molecular flexibility index (Phi) is 12.5. The fraction of sp³-hybridized carbons (Fsp3) is 0.170. The fourth-order valence-corrected chi connectivity index (χ4v) is 17.7. The maximum Gasteiger partial charge on any atom is 2.00 e. The van der Waals surface area contributed by atoms with Crippen LogP contribution in [0.1, 0.15) is 40.0 Å². The Morgan fingerprint density at radius 3 is 2.08 bits per heavy atom. The molecule has 11 rings (SSSR count). The molecule has 0 amide bonds. The molecule has 0 aliphatic heterocycles. The smallest absolute Gasteiger partial charge is 2.00 e. The number of halogens is 3. The summed E-state index contributed by atoms with van der Waals surface area (Å²) in [6, 6.07) is 48.2. The van der Waals surface area contributed by atoms with E-state index in [1.807, 2.05) is 48.7 Å². The number of furan rings is 1. The van der Waals surface area contributed by atoms with Crippen molar-refractivity contribution in [3.63, 3.8) is 0 Å². The Labute approximate surface area is 411 Å². The molecule has 0 saturated carbocycles. The molecule has 5 heterocycles. The van der Waals surface area contributed by atoms with Gasteiger partial charge in [0.1, 0.15) is 17.0 Å². The van der Waals surface area contributed by atoms with E-state index >= 15 is 0 Å². The average Bonchev–Trinajstić information content (AvgIpc) is 4.02. The van der Waals surface area contributed by atoms with E-state index in [1.54, 1.807) is 10.7 Å². The number of aromatic nitrogens is 4. The van der Waals surface area contributed by atoms with Gasteiger partial charge >= 0.3 is 297 Å². The molecule has 63 heavy (non-hydrogen) atoms. The fourth-order valence-electron chi connectivity index (χ4n) is 8.56. The monoisotopic (exact) mass is 1250 g/mol. The summed E-state index contributed by atoms with van der Waals surface area (Å²) in [6.45, 7) is 6.99. The first kappa shape index (κ1) is 42.9. The van der Waals surface area contributed by atoms with E-state index in [4.69, 9.17) is 19.1 Å². The molecule has 0 aliphatic rings. The number of pyridine rings is 2. The summed E-state index contributed by atoms with van der Waals surface area (Å²) in [4.78, 5) is 10.1. The Hall–Kier alpha value is -4.07. The van der Waals surface area contributed by atoms with Crippen LogP contribution in [0.15, 0.2) is 132 Å². The summed E-state index contributed by atoms with van der Waals surface area (Å²) in [7, 11) is 0. The van der Waals surface area contributed by atoms with Crippen molar-refractivity contribution in [1.82, 2.24) is 18.9 Å². The maximum atomic E-state index is 6.76. The molecule has 5 aromatic heterocycles. The van der Waals surface area contributed by atoms with E-state index in [0.717, 1.165) is 66.0 Å². The van der Waals surface area contributed by atoms with Gasteiger partial charge in [0, 0.05) is 11.6 Å². The van der Waals surface area contributed by atoms with Gasteiger partial charge in [-0.3, -0.25) is 0 Å². The molecular weight excluding hydrogens is 1210 g/mol. The number of rotatable bonds is 13. The molecule has 0 fully saturated rings. The molecule has 0 radical (unpaired) electrons. The first-order chi connectivity index (χ1) is 30.6. The van der Waals surface area contributed by atoms with Crippen LogP contribution in [0.4, 0.5) is 0 Å². The first-order valence-electron chi connectivity index (χ1n) is 21.2. The third-order valence-corrected chi connectivity index (χ3v) is 20.8. The number of ether oxygens (including phenoxy) is 1. The Morgan fingerprint density at radius 2 is 1.32 bits per heavy atom. The van der Waals surface area contributed by atoms with Crippen molar-refractivity contribution in [2.24, 2.45) is 0 Å². The Morgan fingerprint density at radius 1 is 0.635 bits per heavy atom. The van der Waals surface area contributed by atoms with Crippen molar-refractivity contribution in [3.05, 3.63) is 150 Å². The molecule has 11 aromatic rings. The van der Waals surface area contributed by atoms with Gasteiger partial charge in [0.05, 0.1) is 10.9 Å². The van der Waals surface area contributed by atoms with E-state index < -0.39 is 0 Å². The molecule has 6 nitrogen and oxygen atoms in total. The second kappa shape index (κ2) is 18.4. The maximum absolute atomic E-state index is 6.76. The average molecular weight is 1250 g/mol. The van der Waals surface area contributed by atoms with E-state index in [2.05, 4.69) is 121 Å². The van der Waals surface area contributed by atoms with Gasteiger partial charge < -0.3 is 8.98 Å². The van der Waals surface area contributed by atoms with Crippen molar-refractivity contribution in [2.75, 3.05) is 13.3 Å². The van der Waals surface area contributed by atoms with Crippen LogP contribution in [0.25, 0.3) is 88.1 Å². The van der Waals surface area contributed by atoms with Gasteiger partial charge in [-0.1, -0.05) is 30.3 Å². The third kappa shape index (κ3) is 7.65. The minimum absolute atomic E-state index is 0. The van der Waals surface area contributed by atoms with Gasteiger partial charge in [-0.25, -0.2) is 4.98 Å². The van der Waals surface area contributed by atoms with Gasteiger partial charge in [-0.2, -0.15) is 0 Å². The van der Waals surface area contributed by atoms with Crippen LogP contribution in [0.3, 0.4) is 0 Å². The summed E-state index contributed by atoms with van der Waals surface area (Å²) < 4.78 is 26.5. The number of fused-ring (bicyclic) bond motifs is 13. The molecule has 0 N–H and O–H groups in total. The molecule has 10 heteroatoms. The summed E-state index contributed by atoms with van der Waals surface area (Å²) in [5, 5.41) is 7.54. The zero-order valence-electron chi connectivity index (χ0n) is 34.9. The minimum Gasteiger partial charge on any atom is 2.00 e. The van der Waals surface area contributed by atoms with Crippen LogP contribution in [0, 0.1) is 22.8 Å². The van der Waals surface area contributed by atoms with Gasteiger partial charge in [0.15, 0.2) is 0 Å². The van der Waals surface area contributed by atoms with Crippen LogP contribution in [0.2, 0.25) is 0 Å². The number of alkyl halides is 3. The Bertz CT molecular complexity index is 3460. The number of hydrogen-bond donors (Lipinski definition) is 0. The first-order valence-corrected chi connectivity index (χ1v) is 29.0. The molecule has 0 unspecified atom stereocenters. The van der Waals surface area contributed by atoms with E-state index in [1.165, 1.54) is 54.7 Å². The van der Waals surface area contributed by atoms with E-state index in [-0.39, 0.29) is 84.0 Å². The molecule has 320 valence electrons. The van der Waals surface area contributed by atoms with Crippen molar-refractivity contribution in [1.29, 1.82) is 0 Å². The zero-order valence-corrected chi connectivity index (χ0v) is 42.9. The second-order valence-corrected chi connectivity index (χ2v) is 24.4. The quantitative estimate of drug-likeness (QED) is 0.0575. The van der Waals surface area contributed by atoms with Gasteiger partial charge in [-0.05, 0) is 29.7 Å². The number of imidazole rings is 1. The van der Waals surface area contributed by atoms with Gasteiger partial charge in [0.2, 0.25) is 0 Å². The number of benzene rings is 6. The van der Waals surface area contributed by atoms with Crippen LogP contribution in [-0.4, -0.2) is 32.2 Å². The summed E-state index contributed by atoms with van der Waals surface area (Å²) >= 11 is -0.258. The zero-order chi connectivity index (χ0) is 41.7. The molecule has 0 spiro atoms. The van der Waals surface area contributed by atoms with Crippen LogP contribution >= 0.6 is 0 Å². The molecule has 6 aromatic carbocycles. The largest absolute Gasteiger partial charge is 2.00 e. The van der Waals surface area contributed by atoms with Crippen LogP contribution < -0.4 is 68.4 Å². The van der Waals surface area contributed by atoms with Crippen LogP contribution in [0.5, 0.6) is 11.5 Å². The van der Waals surface area contributed by atoms with Gasteiger partial charge in [0.25, 0.3) is 0 Å².